The number of para-hydroxylation sites is 1. The number of rotatable bonds is 2. The molecule has 2 aliphatic rings. The second-order valence-corrected chi connectivity index (χ2v) is 3.58. The van der Waals surface area contributed by atoms with Crippen LogP contribution in [-0.2, 0) is 6.42 Å². The van der Waals surface area contributed by atoms with Gasteiger partial charge in [-0.25, -0.2) is 0 Å². The largest absolute Gasteiger partial charge is 0.454 e. The van der Waals surface area contributed by atoms with Crippen molar-refractivity contribution in [3.8, 4) is 11.5 Å². The molecule has 1 aromatic carbocycles. The molecule has 0 fully saturated rings. The van der Waals surface area contributed by atoms with Crippen molar-refractivity contribution in [3.63, 3.8) is 0 Å². The van der Waals surface area contributed by atoms with Crippen molar-refractivity contribution in [2.45, 2.75) is 6.42 Å². The maximum absolute atomic E-state index is 5.43. The van der Waals surface area contributed by atoms with Crippen LogP contribution in [0.1, 0.15) is 5.56 Å². The van der Waals surface area contributed by atoms with Crippen molar-refractivity contribution in [2.24, 2.45) is 4.99 Å². The average molecular weight is 241 g/mol. The Kier molecular flexibility index (Phi) is 3.19. The minimum absolute atomic E-state index is 0. The van der Waals surface area contributed by atoms with E-state index in [1.807, 2.05) is 12.1 Å². The summed E-state index contributed by atoms with van der Waals surface area (Å²) in [7, 11) is 0. The van der Waals surface area contributed by atoms with Crippen LogP contribution in [0.5, 0.6) is 11.5 Å². The fraction of sp³-hybridized carbons (Fsp3) is 0.364. The van der Waals surface area contributed by atoms with Gasteiger partial charge in [0.2, 0.25) is 6.79 Å². The van der Waals surface area contributed by atoms with Gasteiger partial charge in [0.25, 0.3) is 0 Å². The van der Waals surface area contributed by atoms with Crippen LogP contribution in [0.15, 0.2) is 23.2 Å². The smallest absolute Gasteiger partial charge is 0.231 e. The molecular formula is C11H13ClN2O2. The molecule has 0 saturated carbocycles. The van der Waals surface area contributed by atoms with Crippen LogP contribution >= 0.6 is 12.4 Å². The van der Waals surface area contributed by atoms with Gasteiger partial charge in [-0.15, -0.1) is 12.4 Å². The maximum atomic E-state index is 5.43. The Balaban J connectivity index is 0.000000963. The van der Waals surface area contributed by atoms with E-state index in [0.717, 1.165) is 42.4 Å². The summed E-state index contributed by atoms with van der Waals surface area (Å²) in [4.78, 5) is 4.37. The number of ether oxygens (including phenoxy) is 2. The molecular weight excluding hydrogens is 228 g/mol. The van der Waals surface area contributed by atoms with E-state index in [2.05, 4.69) is 16.4 Å². The lowest BCUT2D eigenvalue weighted by atomic mass is 10.1. The Hall–Kier alpha value is -1.42. The Morgan fingerprint density at radius 3 is 3.06 bits per heavy atom. The van der Waals surface area contributed by atoms with Crippen LogP contribution in [0.3, 0.4) is 0 Å². The lowest BCUT2D eigenvalue weighted by Gasteiger charge is -2.05. The molecule has 0 spiro atoms. The molecule has 0 atom stereocenters. The monoisotopic (exact) mass is 240 g/mol. The van der Waals surface area contributed by atoms with E-state index in [0.29, 0.717) is 6.79 Å². The van der Waals surface area contributed by atoms with E-state index in [1.165, 1.54) is 0 Å². The van der Waals surface area contributed by atoms with Crippen LogP contribution in [0.25, 0.3) is 0 Å². The number of fused-ring (bicyclic) bond motifs is 1. The van der Waals surface area contributed by atoms with E-state index in [9.17, 15) is 0 Å². The molecule has 1 N–H and O–H groups in total. The highest BCUT2D eigenvalue weighted by Gasteiger charge is 2.18. The van der Waals surface area contributed by atoms with E-state index in [4.69, 9.17) is 9.47 Å². The average Bonchev–Trinajstić information content (AvgIpc) is 2.87. The van der Waals surface area contributed by atoms with Gasteiger partial charge in [0.05, 0.1) is 6.54 Å². The molecule has 86 valence electrons. The van der Waals surface area contributed by atoms with E-state index in [1.54, 1.807) is 0 Å². The van der Waals surface area contributed by atoms with Crippen molar-refractivity contribution in [1.29, 1.82) is 0 Å². The summed E-state index contributed by atoms with van der Waals surface area (Å²) in [6, 6.07) is 5.96. The van der Waals surface area contributed by atoms with Crippen LogP contribution in [-0.4, -0.2) is 25.7 Å². The molecule has 0 aromatic heterocycles. The SMILES string of the molecule is Cl.c1cc(CC2=NCCN2)c2c(c1)OCO2. The summed E-state index contributed by atoms with van der Waals surface area (Å²) < 4.78 is 10.8. The van der Waals surface area contributed by atoms with Crippen LogP contribution in [0, 0.1) is 0 Å². The topological polar surface area (TPSA) is 42.9 Å². The molecule has 0 bridgehead atoms. The first kappa shape index (κ1) is 11.1. The van der Waals surface area contributed by atoms with Gasteiger partial charge in [-0.05, 0) is 6.07 Å². The predicted molar refractivity (Wildman–Crippen MR) is 63.8 cm³/mol. The van der Waals surface area contributed by atoms with Gasteiger partial charge >= 0.3 is 0 Å². The Labute approximate surface area is 100 Å². The molecule has 0 saturated heterocycles. The van der Waals surface area contributed by atoms with Crippen LogP contribution in [0.2, 0.25) is 0 Å². The Morgan fingerprint density at radius 1 is 1.31 bits per heavy atom. The molecule has 0 aliphatic carbocycles. The zero-order valence-electron chi connectivity index (χ0n) is 8.73. The fourth-order valence-corrected chi connectivity index (χ4v) is 1.88. The summed E-state index contributed by atoms with van der Waals surface area (Å²) >= 11 is 0. The highest BCUT2D eigenvalue weighted by atomic mass is 35.5. The second-order valence-electron chi connectivity index (χ2n) is 3.58. The van der Waals surface area contributed by atoms with Gasteiger partial charge in [0.1, 0.15) is 5.84 Å². The van der Waals surface area contributed by atoms with Gasteiger partial charge in [0.15, 0.2) is 11.5 Å². The van der Waals surface area contributed by atoms with Gasteiger partial charge in [-0.3, -0.25) is 4.99 Å². The lowest BCUT2D eigenvalue weighted by molar-refractivity contribution is 0.173. The summed E-state index contributed by atoms with van der Waals surface area (Å²) in [5.41, 5.74) is 1.14. The van der Waals surface area contributed by atoms with Crippen molar-refractivity contribution in [1.82, 2.24) is 5.32 Å². The van der Waals surface area contributed by atoms with Crippen molar-refractivity contribution >= 4 is 18.2 Å². The molecule has 3 rings (SSSR count). The minimum atomic E-state index is 0. The quantitative estimate of drug-likeness (QED) is 0.850. The van der Waals surface area contributed by atoms with E-state index >= 15 is 0 Å². The number of aliphatic imine (C=N–C) groups is 1. The highest BCUT2D eigenvalue weighted by molar-refractivity contribution is 5.86. The number of hydrogen-bond acceptors (Lipinski definition) is 4. The first-order valence-electron chi connectivity index (χ1n) is 5.08. The lowest BCUT2D eigenvalue weighted by Crippen LogP contribution is -2.20. The second kappa shape index (κ2) is 4.61. The molecule has 0 radical (unpaired) electrons. The number of hydrogen-bond donors (Lipinski definition) is 1. The van der Waals surface area contributed by atoms with Crippen molar-refractivity contribution in [3.05, 3.63) is 23.8 Å². The van der Waals surface area contributed by atoms with E-state index < -0.39 is 0 Å². The normalized spacial score (nSPS) is 16.4. The Morgan fingerprint density at radius 2 is 2.25 bits per heavy atom. The first-order chi connectivity index (χ1) is 7.43. The molecule has 0 amide bonds. The van der Waals surface area contributed by atoms with Gasteiger partial charge < -0.3 is 14.8 Å². The highest BCUT2D eigenvalue weighted by Crippen LogP contribution is 2.35. The summed E-state index contributed by atoms with van der Waals surface area (Å²) in [6.07, 6.45) is 0.798. The number of nitrogens with zero attached hydrogens (tertiary/aromatic N) is 1. The van der Waals surface area contributed by atoms with Crippen LogP contribution < -0.4 is 14.8 Å². The molecule has 4 nitrogen and oxygen atoms in total. The standard InChI is InChI=1S/C11H12N2O2.ClH/c1-2-8(6-10-12-4-5-13-10)11-9(3-1)14-7-15-11;/h1-3H,4-7H2,(H,12,13);1H. The number of nitrogens with one attached hydrogen (secondary N) is 1. The minimum Gasteiger partial charge on any atom is -0.454 e. The molecule has 0 unspecified atom stereocenters. The third-order valence-electron chi connectivity index (χ3n) is 2.58. The fourth-order valence-electron chi connectivity index (χ4n) is 1.88. The maximum Gasteiger partial charge on any atom is 0.231 e. The van der Waals surface area contributed by atoms with Gasteiger partial charge in [-0.2, -0.15) is 0 Å². The molecule has 2 heterocycles. The van der Waals surface area contributed by atoms with E-state index in [-0.39, 0.29) is 12.4 Å². The third-order valence-corrected chi connectivity index (χ3v) is 2.58. The van der Waals surface area contributed by atoms with Crippen molar-refractivity contribution < 1.29 is 9.47 Å². The van der Waals surface area contributed by atoms with Crippen LogP contribution in [0.4, 0.5) is 0 Å². The van der Waals surface area contributed by atoms with Crippen molar-refractivity contribution in [2.75, 3.05) is 19.9 Å². The molecule has 5 heteroatoms. The predicted octanol–water partition coefficient (Wildman–Crippen LogP) is 1.38. The van der Waals surface area contributed by atoms with Gasteiger partial charge in [-0.1, -0.05) is 12.1 Å². The molecule has 1 aromatic rings. The summed E-state index contributed by atoms with van der Waals surface area (Å²) in [5, 5.41) is 3.25. The summed E-state index contributed by atoms with van der Waals surface area (Å²) in [5.74, 6) is 2.75. The third kappa shape index (κ3) is 1.93. The molecule has 2 aliphatic heterocycles. The molecule has 16 heavy (non-hydrogen) atoms. The Bertz CT molecular complexity index is 420. The summed E-state index contributed by atoms with van der Waals surface area (Å²) in [6.45, 7) is 2.15. The number of amidine groups is 1. The zero-order valence-corrected chi connectivity index (χ0v) is 9.55. The number of benzene rings is 1. The van der Waals surface area contributed by atoms with Gasteiger partial charge in [0, 0.05) is 18.5 Å². The zero-order chi connectivity index (χ0) is 10.1. The first-order valence-corrected chi connectivity index (χ1v) is 5.08. The number of halogens is 1.